The van der Waals surface area contributed by atoms with Crippen molar-refractivity contribution >= 4 is 34.4 Å². The minimum Gasteiger partial charge on any atom is -0.497 e. The van der Waals surface area contributed by atoms with Crippen LogP contribution in [0.4, 0.5) is 0 Å². The molecule has 2 heterocycles. The van der Waals surface area contributed by atoms with Crippen LogP contribution in [0.2, 0.25) is 5.02 Å². The molecule has 1 aliphatic heterocycles. The lowest BCUT2D eigenvalue weighted by Gasteiger charge is -2.32. The zero-order valence-electron chi connectivity index (χ0n) is 22.1. The van der Waals surface area contributed by atoms with Crippen LogP contribution in [0.1, 0.15) is 33.3 Å². The number of carbonyl (C=O) groups is 2. The van der Waals surface area contributed by atoms with Gasteiger partial charge in [0.05, 0.1) is 31.8 Å². The number of hydrogen-bond acceptors (Lipinski definition) is 6. The molecule has 1 aliphatic rings. The third-order valence-corrected chi connectivity index (χ3v) is 7.40. The minimum absolute atomic E-state index is 0.0117. The van der Waals surface area contributed by atoms with Gasteiger partial charge in [0.25, 0.3) is 5.91 Å². The largest absolute Gasteiger partial charge is 0.497 e. The molecule has 1 unspecified atom stereocenters. The number of ether oxygens (including phenoxy) is 3. The van der Waals surface area contributed by atoms with E-state index in [0.717, 1.165) is 29.6 Å². The van der Waals surface area contributed by atoms with Crippen LogP contribution in [0.25, 0.3) is 10.9 Å². The molecule has 0 amide bonds. The molecule has 202 valence electrons. The first-order valence-corrected chi connectivity index (χ1v) is 13.3. The Morgan fingerprint density at radius 1 is 1.05 bits per heavy atom. The standard InChI is InChI=1S/C31H31ClN2O5/c1-21-26(19-30(35)39-17-15-33-14-16-38-29(20-33)22-6-4-3-5-7-22)27-18-25(37-2)12-13-28(27)34(21)31(36)23-8-10-24(32)11-9-23/h3-13,18,29H,14-17,19-20H2,1-2H3. The molecule has 1 saturated heterocycles. The van der Waals surface area contributed by atoms with Crippen molar-refractivity contribution in [1.82, 2.24) is 9.47 Å². The van der Waals surface area contributed by atoms with E-state index in [1.165, 1.54) is 0 Å². The summed E-state index contributed by atoms with van der Waals surface area (Å²) in [6, 6.07) is 22.4. The summed E-state index contributed by atoms with van der Waals surface area (Å²) in [5, 5.41) is 1.34. The topological polar surface area (TPSA) is 70.0 Å². The summed E-state index contributed by atoms with van der Waals surface area (Å²) in [7, 11) is 1.59. The van der Waals surface area contributed by atoms with Crippen molar-refractivity contribution in [2.45, 2.75) is 19.4 Å². The van der Waals surface area contributed by atoms with Gasteiger partial charge in [0.1, 0.15) is 12.4 Å². The average Bonchev–Trinajstić information content (AvgIpc) is 3.23. The van der Waals surface area contributed by atoms with E-state index in [4.69, 9.17) is 25.8 Å². The molecule has 39 heavy (non-hydrogen) atoms. The highest BCUT2D eigenvalue weighted by atomic mass is 35.5. The second kappa shape index (κ2) is 12.0. The summed E-state index contributed by atoms with van der Waals surface area (Å²) in [5.74, 6) is 0.111. The molecule has 0 aliphatic carbocycles. The zero-order chi connectivity index (χ0) is 27.4. The average molecular weight is 547 g/mol. The van der Waals surface area contributed by atoms with Crippen LogP contribution in [0.15, 0.2) is 72.8 Å². The number of carbonyl (C=O) groups excluding carboxylic acids is 2. The van der Waals surface area contributed by atoms with Crippen LogP contribution in [0.5, 0.6) is 5.75 Å². The highest BCUT2D eigenvalue weighted by Crippen LogP contribution is 2.31. The quantitative estimate of drug-likeness (QED) is 0.273. The second-order valence-corrected chi connectivity index (χ2v) is 10.00. The van der Waals surface area contributed by atoms with Gasteiger partial charge in [-0.1, -0.05) is 41.9 Å². The molecule has 4 aromatic rings. The van der Waals surface area contributed by atoms with E-state index in [-0.39, 0.29) is 31.0 Å². The number of methoxy groups -OCH3 is 1. The third kappa shape index (κ3) is 6.01. The number of esters is 1. The van der Waals surface area contributed by atoms with E-state index in [1.807, 2.05) is 37.3 Å². The fraction of sp³-hybridized carbons (Fsp3) is 0.290. The molecule has 0 spiro atoms. The van der Waals surface area contributed by atoms with E-state index in [2.05, 4.69) is 17.0 Å². The van der Waals surface area contributed by atoms with Gasteiger partial charge in [0.15, 0.2) is 0 Å². The van der Waals surface area contributed by atoms with E-state index >= 15 is 0 Å². The van der Waals surface area contributed by atoms with Crippen LogP contribution in [-0.4, -0.2) is 61.3 Å². The summed E-state index contributed by atoms with van der Waals surface area (Å²) in [5.41, 5.74) is 3.79. The molecule has 3 aromatic carbocycles. The van der Waals surface area contributed by atoms with Crippen LogP contribution < -0.4 is 4.74 Å². The Morgan fingerprint density at radius 3 is 2.56 bits per heavy atom. The molecule has 0 saturated carbocycles. The molecule has 0 radical (unpaired) electrons. The van der Waals surface area contributed by atoms with Crippen molar-refractivity contribution in [3.8, 4) is 5.75 Å². The highest BCUT2D eigenvalue weighted by Gasteiger charge is 2.24. The third-order valence-electron chi connectivity index (χ3n) is 7.15. The predicted molar refractivity (Wildman–Crippen MR) is 151 cm³/mol. The van der Waals surface area contributed by atoms with Crippen molar-refractivity contribution in [2.24, 2.45) is 0 Å². The number of morpholine rings is 1. The highest BCUT2D eigenvalue weighted by molar-refractivity contribution is 6.30. The molecule has 1 aromatic heterocycles. The number of halogens is 1. The molecule has 1 fully saturated rings. The lowest BCUT2D eigenvalue weighted by atomic mass is 10.1. The maximum absolute atomic E-state index is 13.5. The van der Waals surface area contributed by atoms with Gasteiger partial charge in [-0.15, -0.1) is 0 Å². The van der Waals surface area contributed by atoms with Crippen molar-refractivity contribution in [2.75, 3.05) is 40.0 Å². The van der Waals surface area contributed by atoms with Crippen molar-refractivity contribution < 1.29 is 23.8 Å². The van der Waals surface area contributed by atoms with Gasteiger partial charge in [-0.3, -0.25) is 19.1 Å². The first-order chi connectivity index (χ1) is 18.9. The number of benzene rings is 3. The van der Waals surface area contributed by atoms with Gasteiger partial charge in [-0.05, 0) is 60.5 Å². The summed E-state index contributed by atoms with van der Waals surface area (Å²) in [6.45, 7) is 4.93. The van der Waals surface area contributed by atoms with Crippen LogP contribution in [-0.2, 0) is 20.7 Å². The maximum Gasteiger partial charge on any atom is 0.310 e. The number of hydrogen-bond donors (Lipinski definition) is 0. The molecule has 8 heteroatoms. The molecule has 5 rings (SSSR count). The Kier molecular flexibility index (Phi) is 8.31. The normalized spacial score (nSPS) is 15.8. The molecular weight excluding hydrogens is 516 g/mol. The SMILES string of the molecule is COc1ccc2c(c1)c(CC(=O)OCCN1CCOC(c3ccccc3)C1)c(C)n2C(=O)c1ccc(Cl)cc1. The molecule has 0 N–H and O–H groups in total. The maximum atomic E-state index is 13.5. The summed E-state index contributed by atoms with van der Waals surface area (Å²) in [4.78, 5) is 28.7. The fourth-order valence-corrected chi connectivity index (χ4v) is 5.18. The first-order valence-electron chi connectivity index (χ1n) is 13.0. The Bertz CT molecular complexity index is 1470. The lowest BCUT2D eigenvalue weighted by molar-refractivity contribution is -0.143. The summed E-state index contributed by atoms with van der Waals surface area (Å²) >= 11 is 6.02. The van der Waals surface area contributed by atoms with E-state index in [1.54, 1.807) is 42.0 Å². The first kappa shape index (κ1) is 26.9. The zero-order valence-corrected chi connectivity index (χ0v) is 22.8. The Labute approximate surface area is 232 Å². The smallest absolute Gasteiger partial charge is 0.310 e. The van der Waals surface area contributed by atoms with Gasteiger partial charge in [-0.25, -0.2) is 0 Å². The monoisotopic (exact) mass is 546 g/mol. The molecule has 0 bridgehead atoms. The number of aromatic nitrogens is 1. The minimum atomic E-state index is -0.341. The number of rotatable bonds is 8. The molecule has 7 nitrogen and oxygen atoms in total. The second-order valence-electron chi connectivity index (χ2n) is 9.56. The van der Waals surface area contributed by atoms with Crippen LogP contribution in [0, 0.1) is 6.92 Å². The van der Waals surface area contributed by atoms with Gasteiger partial charge in [-0.2, -0.15) is 0 Å². The van der Waals surface area contributed by atoms with Crippen molar-refractivity contribution in [1.29, 1.82) is 0 Å². The summed E-state index contributed by atoms with van der Waals surface area (Å²) < 4.78 is 18.7. The Morgan fingerprint density at radius 2 is 1.82 bits per heavy atom. The van der Waals surface area contributed by atoms with Crippen LogP contribution in [0.3, 0.4) is 0 Å². The summed E-state index contributed by atoms with van der Waals surface area (Å²) in [6.07, 6.45) is 0.0594. The molecular formula is C31H31ClN2O5. The molecule has 1 atom stereocenters. The predicted octanol–water partition coefficient (Wildman–Crippen LogP) is 5.46. The number of fused-ring (bicyclic) bond motifs is 1. The van der Waals surface area contributed by atoms with Gasteiger partial charge in [0, 0.05) is 41.3 Å². The Balaban J connectivity index is 1.29. The Hall–Kier alpha value is -3.65. The van der Waals surface area contributed by atoms with Gasteiger partial charge >= 0.3 is 5.97 Å². The van der Waals surface area contributed by atoms with E-state index in [0.29, 0.717) is 40.7 Å². The van der Waals surface area contributed by atoms with E-state index in [9.17, 15) is 9.59 Å². The van der Waals surface area contributed by atoms with Crippen molar-refractivity contribution in [3.05, 3.63) is 100 Å². The fourth-order valence-electron chi connectivity index (χ4n) is 5.05. The van der Waals surface area contributed by atoms with Gasteiger partial charge < -0.3 is 14.2 Å². The van der Waals surface area contributed by atoms with Gasteiger partial charge in [0.2, 0.25) is 0 Å². The van der Waals surface area contributed by atoms with Crippen LogP contribution >= 0.6 is 11.6 Å². The lowest BCUT2D eigenvalue weighted by Crippen LogP contribution is -2.40. The van der Waals surface area contributed by atoms with Crippen molar-refractivity contribution in [3.63, 3.8) is 0 Å². The van der Waals surface area contributed by atoms with E-state index < -0.39 is 0 Å². The number of nitrogens with zero attached hydrogens (tertiary/aromatic N) is 2.